The van der Waals surface area contributed by atoms with Crippen molar-refractivity contribution in [2.45, 2.75) is 77.5 Å². The zero-order valence-electron chi connectivity index (χ0n) is 12.5. The molecule has 0 aromatic rings. The molecule has 0 aromatic carbocycles. The van der Waals surface area contributed by atoms with Gasteiger partial charge in [0.25, 0.3) is 0 Å². The Morgan fingerprint density at radius 2 is 1.78 bits per heavy atom. The zero-order valence-corrected chi connectivity index (χ0v) is 12.5. The maximum absolute atomic E-state index is 6.03. The van der Waals surface area contributed by atoms with Gasteiger partial charge in [-0.1, -0.05) is 26.7 Å². The van der Waals surface area contributed by atoms with E-state index in [0.717, 1.165) is 6.54 Å². The molecule has 1 rings (SSSR count). The summed E-state index contributed by atoms with van der Waals surface area (Å²) in [5, 5.41) is 0. The van der Waals surface area contributed by atoms with Crippen LogP contribution in [0.15, 0.2) is 0 Å². The van der Waals surface area contributed by atoms with Gasteiger partial charge in [0, 0.05) is 12.6 Å². The molecule has 3 unspecified atom stereocenters. The zero-order chi connectivity index (χ0) is 13.4. The fourth-order valence-electron chi connectivity index (χ4n) is 2.82. The Morgan fingerprint density at radius 1 is 1.17 bits per heavy atom. The molecular formula is C15H32N2O. The molecule has 108 valence electrons. The fourth-order valence-corrected chi connectivity index (χ4v) is 2.82. The van der Waals surface area contributed by atoms with E-state index in [0.29, 0.717) is 18.2 Å². The van der Waals surface area contributed by atoms with E-state index in [9.17, 15) is 0 Å². The topological polar surface area (TPSA) is 38.5 Å². The second-order valence-electron chi connectivity index (χ2n) is 5.61. The van der Waals surface area contributed by atoms with Gasteiger partial charge in [0.15, 0.2) is 0 Å². The maximum atomic E-state index is 6.03. The standard InChI is InChI=1S/C15H32N2O/c1-4-6-10-17(11-7-5-2)14(12-16)15-9-8-13(3)18-15/h13-15H,4-12,16H2,1-3H3. The average molecular weight is 256 g/mol. The molecule has 1 fully saturated rings. The van der Waals surface area contributed by atoms with Crippen LogP contribution in [0.4, 0.5) is 0 Å². The van der Waals surface area contributed by atoms with E-state index in [1.165, 1.54) is 51.6 Å². The number of nitrogens with zero attached hydrogens (tertiary/aromatic N) is 1. The lowest BCUT2D eigenvalue weighted by atomic mass is 10.0. The summed E-state index contributed by atoms with van der Waals surface area (Å²) in [6, 6.07) is 0.424. The summed E-state index contributed by atoms with van der Waals surface area (Å²) < 4.78 is 6.03. The van der Waals surface area contributed by atoms with E-state index in [1.807, 2.05) is 0 Å². The van der Waals surface area contributed by atoms with Crippen molar-refractivity contribution in [2.24, 2.45) is 5.73 Å². The summed E-state index contributed by atoms with van der Waals surface area (Å²) in [6.45, 7) is 9.76. The van der Waals surface area contributed by atoms with Crippen LogP contribution in [-0.2, 0) is 4.74 Å². The number of nitrogens with two attached hydrogens (primary N) is 1. The van der Waals surface area contributed by atoms with Gasteiger partial charge in [0.2, 0.25) is 0 Å². The van der Waals surface area contributed by atoms with Crippen LogP contribution in [0.1, 0.15) is 59.3 Å². The molecule has 0 radical (unpaired) electrons. The molecule has 1 aliphatic heterocycles. The first-order valence-electron chi connectivity index (χ1n) is 7.82. The van der Waals surface area contributed by atoms with E-state index in [4.69, 9.17) is 10.5 Å². The van der Waals surface area contributed by atoms with Gasteiger partial charge < -0.3 is 10.5 Å². The number of ether oxygens (including phenoxy) is 1. The molecule has 3 heteroatoms. The van der Waals surface area contributed by atoms with Crippen molar-refractivity contribution >= 4 is 0 Å². The first kappa shape index (κ1) is 15.9. The smallest absolute Gasteiger partial charge is 0.0747 e. The number of hydrogen-bond acceptors (Lipinski definition) is 3. The Hall–Kier alpha value is -0.120. The number of rotatable bonds is 9. The van der Waals surface area contributed by atoms with Crippen LogP contribution in [0.25, 0.3) is 0 Å². The van der Waals surface area contributed by atoms with Gasteiger partial charge in [0.05, 0.1) is 12.2 Å². The molecule has 3 nitrogen and oxygen atoms in total. The molecule has 2 N–H and O–H groups in total. The van der Waals surface area contributed by atoms with Gasteiger partial charge in [-0.25, -0.2) is 0 Å². The molecule has 18 heavy (non-hydrogen) atoms. The van der Waals surface area contributed by atoms with Crippen LogP contribution in [-0.4, -0.2) is 42.8 Å². The molecule has 3 atom stereocenters. The monoisotopic (exact) mass is 256 g/mol. The van der Waals surface area contributed by atoms with Crippen LogP contribution in [0.3, 0.4) is 0 Å². The van der Waals surface area contributed by atoms with Crippen LogP contribution in [0.2, 0.25) is 0 Å². The molecule has 1 aliphatic rings. The average Bonchev–Trinajstić information content (AvgIpc) is 2.79. The number of unbranched alkanes of at least 4 members (excludes halogenated alkanes) is 2. The van der Waals surface area contributed by atoms with Crippen molar-refractivity contribution in [2.75, 3.05) is 19.6 Å². The minimum atomic E-state index is 0.360. The third kappa shape index (κ3) is 4.87. The Balaban J connectivity index is 2.54. The highest BCUT2D eigenvalue weighted by Crippen LogP contribution is 2.24. The van der Waals surface area contributed by atoms with Crippen molar-refractivity contribution < 1.29 is 4.74 Å². The van der Waals surface area contributed by atoms with Crippen molar-refractivity contribution in [1.82, 2.24) is 4.90 Å². The lowest BCUT2D eigenvalue weighted by molar-refractivity contribution is -0.00513. The first-order chi connectivity index (χ1) is 8.72. The molecule has 1 heterocycles. The van der Waals surface area contributed by atoms with Crippen LogP contribution in [0.5, 0.6) is 0 Å². The van der Waals surface area contributed by atoms with E-state index in [1.54, 1.807) is 0 Å². The van der Waals surface area contributed by atoms with E-state index in [2.05, 4.69) is 25.7 Å². The Morgan fingerprint density at radius 3 is 2.17 bits per heavy atom. The number of hydrogen-bond donors (Lipinski definition) is 1. The minimum Gasteiger partial charge on any atom is -0.374 e. The van der Waals surface area contributed by atoms with Crippen molar-refractivity contribution in [1.29, 1.82) is 0 Å². The quantitative estimate of drug-likeness (QED) is 0.689. The van der Waals surface area contributed by atoms with Gasteiger partial charge in [-0.05, 0) is 45.7 Å². The van der Waals surface area contributed by atoms with Crippen molar-refractivity contribution in [3.05, 3.63) is 0 Å². The summed E-state index contributed by atoms with van der Waals surface area (Å²) in [7, 11) is 0. The second-order valence-corrected chi connectivity index (χ2v) is 5.61. The molecule has 0 amide bonds. The van der Waals surface area contributed by atoms with E-state index >= 15 is 0 Å². The SMILES string of the molecule is CCCCN(CCCC)C(CN)C1CCC(C)O1. The van der Waals surface area contributed by atoms with Crippen LogP contribution < -0.4 is 5.73 Å². The fraction of sp³-hybridized carbons (Fsp3) is 1.00. The van der Waals surface area contributed by atoms with Gasteiger partial charge in [0.1, 0.15) is 0 Å². The predicted octanol–water partition coefficient (Wildman–Crippen LogP) is 2.78. The molecular weight excluding hydrogens is 224 g/mol. The molecule has 1 saturated heterocycles. The highest BCUT2D eigenvalue weighted by Gasteiger charge is 2.32. The lowest BCUT2D eigenvalue weighted by Crippen LogP contribution is -2.49. The lowest BCUT2D eigenvalue weighted by Gasteiger charge is -2.34. The van der Waals surface area contributed by atoms with Crippen LogP contribution >= 0.6 is 0 Å². The van der Waals surface area contributed by atoms with E-state index in [-0.39, 0.29) is 0 Å². The summed E-state index contributed by atoms with van der Waals surface area (Å²) in [4.78, 5) is 2.58. The van der Waals surface area contributed by atoms with Gasteiger partial charge in [-0.2, -0.15) is 0 Å². The summed E-state index contributed by atoms with van der Waals surface area (Å²) in [5.74, 6) is 0. The Labute approximate surface area is 113 Å². The molecule has 0 spiro atoms. The summed E-state index contributed by atoms with van der Waals surface area (Å²) in [5.41, 5.74) is 6.02. The maximum Gasteiger partial charge on any atom is 0.0747 e. The largest absolute Gasteiger partial charge is 0.374 e. The van der Waals surface area contributed by atoms with Crippen molar-refractivity contribution in [3.63, 3.8) is 0 Å². The molecule has 0 aromatic heterocycles. The predicted molar refractivity (Wildman–Crippen MR) is 77.8 cm³/mol. The van der Waals surface area contributed by atoms with Gasteiger partial charge in [-0.15, -0.1) is 0 Å². The third-order valence-electron chi connectivity index (χ3n) is 4.00. The molecule has 0 saturated carbocycles. The Bertz CT molecular complexity index is 203. The highest BCUT2D eigenvalue weighted by molar-refractivity contribution is 4.85. The Kier molecular flexibility index (Phi) is 7.87. The molecule has 0 bridgehead atoms. The van der Waals surface area contributed by atoms with Crippen LogP contribution in [0, 0.1) is 0 Å². The highest BCUT2D eigenvalue weighted by atomic mass is 16.5. The second kappa shape index (κ2) is 8.89. The van der Waals surface area contributed by atoms with E-state index < -0.39 is 0 Å². The summed E-state index contributed by atoms with van der Waals surface area (Å²) in [6.07, 6.45) is 8.19. The molecule has 0 aliphatic carbocycles. The van der Waals surface area contributed by atoms with Crippen molar-refractivity contribution in [3.8, 4) is 0 Å². The summed E-state index contributed by atoms with van der Waals surface area (Å²) >= 11 is 0. The van der Waals surface area contributed by atoms with Gasteiger partial charge >= 0.3 is 0 Å². The normalized spacial score (nSPS) is 25.8. The van der Waals surface area contributed by atoms with Gasteiger partial charge in [-0.3, -0.25) is 4.90 Å². The minimum absolute atomic E-state index is 0.360. The third-order valence-corrected chi connectivity index (χ3v) is 4.00. The first-order valence-corrected chi connectivity index (χ1v) is 7.82.